The summed E-state index contributed by atoms with van der Waals surface area (Å²) in [7, 11) is 0. The van der Waals surface area contributed by atoms with Crippen molar-refractivity contribution in [3.63, 3.8) is 0 Å². The zero-order valence-corrected chi connectivity index (χ0v) is 20.1. The number of hydrogen-bond donors (Lipinski definition) is 2. The Morgan fingerprint density at radius 1 is 1.03 bits per heavy atom. The van der Waals surface area contributed by atoms with E-state index >= 15 is 0 Å². The molecule has 4 aromatic rings. The molecule has 184 valence electrons. The van der Waals surface area contributed by atoms with E-state index < -0.39 is 17.2 Å². The van der Waals surface area contributed by atoms with Crippen LogP contribution >= 0.6 is 11.6 Å². The topological polar surface area (TPSA) is 115 Å². The number of hydrogen-bond acceptors (Lipinski definition) is 6. The summed E-state index contributed by atoms with van der Waals surface area (Å²) in [5.74, 6) is 0.374. The van der Waals surface area contributed by atoms with Gasteiger partial charge >= 0.3 is 11.7 Å². The summed E-state index contributed by atoms with van der Waals surface area (Å²) in [5.41, 5.74) is 0.108. The molecule has 2 aromatic heterocycles. The largest absolute Gasteiger partial charge is 0.478 e. The van der Waals surface area contributed by atoms with Gasteiger partial charge in [-0.2, -0.15) is 0 Å². The molecule has 2 heterocycles. The molecule has 0 aliphatic rings. The summed E-state index contributed by atoms with van der Waals surface area (Å²) < 4.78 is 8.38. The number of nitrogens with zero attached hydrogens (tertiary/aromatic N) is 3. The fraction of sp³-hybridized carbons (Fsp3) is 0.154. The van der Waals surface area contributed by atoms with Gasteiger partial charge in [0, 0.05) is 17.6 Å². The minimum atomic E-state index is -1.05. The van der Waals surface area contributed by atoms with Crippen LogP contribution in [0.1, 0.15) is 29.3 Å². The van der Waals surface area contributed by atoms with E-state index in [-0.39, 0.29) is 12.1 Å². The molecule has 36 heavy (non-hydrogen) atoms. The number of halogens is 1. The third-order valence-corrected chi connectivity index (χ3v) is 5.54. The Hall–Kier alpha value is -4.37. The lowest BCUT2D eigenvalue weighted by Gasteiger charge is -2.16. The second-order valence-corrected chi connectivity index (χ2v) is 8.39. The van der Waals surface area contributed by atoms with Crippen molar-refractivity contribution >= 4 is 29.2 Å². The summed E-state index contributed by atoms with van der Waals surface area (Å²) in [5, 5.41) is 12.8. The van der Waals surface area contributed by atoms with Crippen LogP contribution in [0.3, 0.4) is 0 Å². The van der Waals surface area contributed by atoms with Gasteiger partial charge in [-0.05, 0) is 54.4 Å². The number of aromatic nitrogens is 3. The fourth-order valence-corrected chi connectivity index (χ4v) is 3.67. The van der Waals surface area contributed by atoms with Crippen molar-refractivity contribution in [2.45, 2.75) is 26.4 Å². The zero-order valence-electron chi connectivity index (χ0n) is 19.3. The summed E-state index contributed by atoms with van der Waals surface area (Å²) in [6.45, 7) is 2.43. The van der Waals surface area contributed by atoms with E-state index in [9.17, 15) is 14.4 Å². The molecule has 9 nitrogen and oxygen atoms in total. The van der Waals surface area contributed by atoms with Crippen LogP contribution in [0.2, 0.25) is 5.02 Å². The minimum absolute atomic E-state index is 0.107. The van der Waals surface area contributed by atoms with Gasteiger partial charge in [-0.25, -0.2) is 14.6 Å². The van der Waals surface area contributed by atoms with Crippen molar-refractivity contribution in [3.8, 4) is 11.5 Å². The minimum Gasteiger partial charge on any atom is -0.478 e. The number of rotatable bonds is 9. The van der Waals surface area contributed by atoms with Crippen LogP contribution in [-0.2, 0) is 13.1 Å². The molecular weight excluding hydrogens is 484 g/mol. The highest BCUT2D eigenvalue weighted by molar-refractivity contribution is 6.30. The first-order valence-electron chi connectivity index (χ1n) is 11.2. The molecule has 0 aliphatic carbocycles. The van der Waals surface area contributed by atoms with Gasteiger partial charge in [0.1, 0.15) is 23.1 Å². The first-order valence-corrected chi connectivity index (χ1v) is 11.5. The number of carboxylic acids is 1. The molecule has 0 saturated carbocycles. The lowest BCUT2D eigenvalue weighted by Crippen LogP contribution is -2.40. The normalized spacial score (nSPS) is 10.7. The highest BCUT2D eigenvalue weighted by Crippen LogP contribution is 2.23. The molecule has 2 N–H and O–H groups in total. The Morgan fingerprint density at radius 2 is 1.81 bits per heavy atom. The Kier molecular flexibility index (Phi) is 7.50. The molecule has 0 bridgehead atoms. The maximum absolute atomic E-state index is 13.2. The van der Waals surface area contributed by atoms with Gasteiger partial charge < -0.3 is 15.2 Å². The highest BCUT2D eigenvalue weighted by Gasteiger charge is 2.13. The highest BCUT2D eigenvalue weighted by atomic mass is 35.5. The molecule has 0 radical (unpaired) electrons. The molecule has 0 fully saturated rings. The van der Waals surface area contributed by atoms with Gasteiger partial charge in [-0.15, -0.1) is 0 Å². The number of anilines is 2. The van der Waals surface area contributed by atoms with Crippen LogP contribution in [0.25, 0.3) is 0 Å². The second kappa shape index (κ2) is 10.9. The second-order valence-electron chi connectivity index (χ2n) is 7.95. The Balaban J connectivity index is 1.61. The predicted octanol–water partition coefficient (Wildman–Crippen LogP) is 4.75. The fourth-order valence-electron chi connectivity index (χ4n) is 3.55. The van der Waals surface area contributed by atoms with Gasteiger partial charge in [-0.3, -0.25) is 13.9 Å². The molecule has 2 aromatic carbocycles. The number of aromatic carboxylic acids is 1. The van der Waals surface area contributed by atoms with Gasteiger partial charge in [-0.1, -0.05) is 36.7 Å². The molecule has 0 saturated heterocycles. The molecule has 0 atom stereocenters. The average Bonchev–Trinajstić information content (AvgIpc) is 2.86. The number of nitrogens with one attached hydrogen (secondary N) is 1. The Labute approximate surface area is 211 Å². The van der Waals surface area contributed by atoms with Crippen LogP contribution in [0.15, 0.2) is 82.5 Å². The molecule has 0 aliphatic heterocycles. The molecule has 4 rings (SSSR count). The molecule has 0 amide bonds. The van der Waals surface area contributed by atoms with E-state index in [1.165, 1.54) is 33.5 Å². The van der Waals surface area contributed by atoms with Crippen LogP contribution in [0.5, 0.6) is 11.5 Å². The van der Waals surface area contributed by atoms with Crippen molar-refractivity contribution in [3.05, 3.63) is 110 Å². The van der Waals surface area contributed by atoms with Crippen LogP contribution in [-0.4, -0.2) is 25.2 Å². The van der Waals surface area contributed by atoms with Gasteiger partial charge in [0.15, 0.2) is 0 Å². The van der Waals surface area contributed by atoms with Crippen molar-refractivity contribution in [1.29, 1.82) is 0 Å². The zero-order chi connectivity index (χ0) is 25.7. The Morgan fingerprint density at radius 3 is 2.47 bits per heavy atom. The van der Waals surface area contributed by atoms with E-state index in [0.29, 0.717) is 41.1 Å². The molecule has 0 unspecified atom stereocenters. The molecule has 10 heteroatoms. The summed E-state index contributed by atoms with van der Waals surface area (Å²) >= 11 is 5.99. The maximum atomic E-state index is 13.2. The molecule has 0 spiro atoms. The van der Waals surface area contributed by atoms with Crippen molar-refractivity contribution < 1.29 is 14.6 Å². The SMILES string of the molecule is CCCn1c(=O)cc(Nc2ccc(Oc3cccc(C(=O)O)c3)cn2)n(Cc2ccc(Cl)cc2)c1=O. The number of benzene rings is 2. The first kappa shape index (κ1) is 24.7. The predicted molar refractivity (Wildman–Crippen MR) is 137 cm³/mol. The average molecular weight is 507 g/mol. The van der Waals surface area contributed by atoms with Crippen molar-refractivity contribution in [1.82, 2.24) is 14.1 Å². The Bertz CT molecular complexity index is 1500. The van der Waals surface area contributed by atoms with Crippen molar-refractivity contribution in [2.75, 3.05) is 5.32 Å². The summed E-state index contributed by atoms with van der Waals surface area (Å²) in [6, 6.07) is 17.9. The number of carbonyl (C=O) groups is 1. The van der Waals surface area contributed by atoms with Gasteiger partial charge in [0.05, 0.1) is 18.3 Å². The van der Waals surface area contributed by atoms with E-state index in [1.54, 1.807) is 36.4 Å². The third-order valence-electron chi connectivity index (χ3n) is 5.29. The van der Waals surface area contributed by atoms with Crippen LogP contribution in [0, 0.1) is 0 Å². The van der Waals surface area contributed by atoms with Gasteiger partial charge in [0.25, 0.3) is 5.56 Å². The number of ether oxygens (including phenoxy) is 1. The summed E-state index contributed by atoms with van der Waals surface area (Å²) in [4.78, 5) is 41.3. The lowest BCUT2D eigenvalue weighted by atomic mass is 10.2. The summed E-state index contributed by atoms with van der Waals surface area (Å²) in [6.07, 6.45) is 2.09. The third kappa shape index (κ3) is 5.81. The van der Waals surface area contributed by atoms with E-state index in [0.717, 1.165) is 5.56 Å². The maximum Gasteiger partial charge on any atom is 0.335 e. The van der Waals surface area contributed by atoms with Gasteiger partial charge in [0.2, 0.25) is 0 Å². The quantitative estimate of drug-likeness (QED) is 0.336. The standard InChI is InChI=1S/C26H23ClN4O5/c1-2-12-30-24(32)14-23(31(26(30)35)16-17-6-8-19(27)9-7-17)29-22-11-10-21(15-28-22)36-20-5-3-4-18(13-20)25(33)34/h3-11,13-15H,2,12,16H2,1H3,(H,28,29)(H,33,34). The van der Waals surface area contributed by atoms with E-state index in [1.807, 2.05) is 19.1 Å². The lowest BCUT2D eigenvalue weighted by molar-refractivity contribution is 0.0696. The number of carboxylic acid groups (broad SMARTS) is 1. The van der Waals surface area contributed by atoms with Crippen LogP contribution < -0.4 is 21.3 Å². The van der Waals surface area contributed by atoms with E-state index in [2.05, 4.69) is 10.3 Å². The monoisotopic (exact) mass is 506 g/mol. The van der Waals surface area contributed by atoms with Crippen molar-refractivity contribution in [2.24, 2.45) is 0 Å². The smallest absolute Gasteiger partial charge is 0.335 e. The number of pyridine rings is 1. The van der Waals surface area contributed by atoms with E-state index in [4.69, 9.17) is 21.4 Å². The first-order chi connectivity index (χ1) is 17.3. The molecular formula is C26H23ClN4O5. The van der Waals surface area contributed by atoms with Crippen LogP contribution in [0.4, 0.5) is 11.6 Å².